The Bertz CT molecular complexity index is 451. The summed E-state index contributed by atoms with van der Waals surface area (Å²) in [7, 11) is 0. The summed E-state index contributed by atoms with van der Waals surface area (Å²) in [5.74, 6) is 4.06. The van der Waals surface area contributed by atoms with Crippen LogP contribution in [-0.2, 0) is 0 Å². The molecule has 0 amide bonds. The van der Waals surface area contributed by atoms with E-state index in [2.05, 4.69) is 37.3 Å². The molecule has 4 bridgehead atoms. The Morgan fingerprint density at radius 2 is 1.50 bits per heavy atom. The highest BCUT2D eigenvalue weighted by molar-refractivity contribution is 5.24. The average Bonchev–Trinajstić information content (AvgIpc) is 2.51. The van der Waals surface area contributed by atoms with Crippen molar-refractivity contribution in [2.75, 3.05) is 0 Å². The average molecular weight is 296 g/mol. The van der Waals surface area contributed by atoms with Crippen molar-refractivity contribution >= 4 is 0 Å². The Balaban J connectivity index is 1.62. The van der Waals surface area contributed by atoms with Gasteiger partial charge in [-0.05, 0) is 79.6 Å². The summed E-state index contributed by atoms with van der Waals surface area (Å²) in [6, 6.07) is 11.6. The molecule has 0 saturated heterocycles. The predicted molar refractivity (Wildman–Crippen MR) is 93.9 cm³/mol. The van der Waals surface area contributed by atoms with Crippen LogP contribution in [0.5, 0.6) is 0 Å². The van der Waals surface area contributed by atoms with Crippen molar-refractivity contribution < 1.29 is 0 Å². The molecule has 5 rings (SSSR count). The van der Waals surface area contributed by atoms with Crippen LogP contribution in [0.4, 0.5) is 0 Å². The van der Waals surface area contributed by atoms with E-state index in [1.165, 1.54) is 25.7 Å². The van der Waals surface area contributed by atoms with E-state index in [-0.39, 0.29) is 0 Å². The van der Waals surface area contributed by atoms with Crippen LogP contribution in [0.3, 0.4) is 0 Å². The maximum Gasteiger partial charge on any atom is -0.0105 e. The van der Waals surface area contributed by atoms with Crippen LogP contribution < -0.4 is 0 Å². The highest BCUT2D eigenvalue weighted by Gasteiger charge is 2.53. The fourth-order valence-corrected chi connectivity index (χ4v) is 6.71. The lowest BCUT2D eigenvalue weighted by atomic mass is 9.45. The third kappa shape index (κ3) is 2.63. The summed E-state index contributed by atoms with van der Waals surface area (Å²) in [6.45, 7) is 2.34. The quantitative estimate of drug-likeness (QED) is 0.521. The second-order valence-electron chi connectivity index (χ2n) is 8.74. The Morgan fingerprint density at radius 3 is 2.05 bits per heavy atom. The zero-order chi connectivity index (χ0) is 15.0. The second-order valence-corrected chi connectivity index (χ2v) is 8.74. The number of hydrogen-bond donors (Lipinski definition) is 0. The molecule has 1 aromatic carbocycles. The van der Waals surface area contributed by atoms with Gasteiger partial charge in [-0.2, -0.15) is 0 Å². The summed E-state index contributed by atoms with van der Waals surface area (Å²) >= 11 is 0. The highest BCUT2D eigenvalue weighted by Crippen LogP contribution is 2.65. The van der Waals surface area contributed by atoms with Gasteiger partial charge in [0.1, 0.15) is 0 Å². The first-order valence-corrected chi connectivity index (χ1v) is 9.84. The van der Waals surface area contributed by atoms with E-state index in [9.17, 15) is 0 Å². The maximum atomic E-state index is 2.43. The van der Waals surface area contributed by atoms with Crippen molar-refractivity contribution in [3.8, 4) is 0 Å². The fraction of sp³-hybridized carbons (Fsp3) is 0.727. The van der Waals surface area contributed by atoms with E-state index in [0.717, 1.165) is 23.7 Å². The van der Waals surface area contributed by atoms with Crippen LogP contribution in [0.1, 0.15) is 82.6 Å². The van der Waals surface area contributed by atoms with Crippen LogP contribution in [0.2, 0.25) is 0 Å². The normalized spacial score (nSPS) is 37.4. The Kier molecular flexibility index (Phi) is 4.05. The second kappa shape index (κ2) is 6.02. The first-order chi connectivity index (χ1) is 10.8. The summed E-state index contributed by atoms with van der Waals surface area (Å²) < 4.78 is 0. The minimum absolute atomic E-state index is 0.670. The molecule has 0 N–H and O–H groups in total. The SMILES string of the molecule is CCCCCC(c1ccccc1)C12CC3CC(CC(C3)C1)C2. The van der Waals surface area contributed by atoms with Gasteiger partial charge in [0.15, 0.2) is 0 Å². The van der Waals surface area contributed by atoms with Crippen molar-refractivity contribution in [3.05, 3.63) is 35.9 Å². The maximum absolute atomic E-state index is 2.43. The molecule has 0 radical (unpaired) electrons. The van der Waals surface area contributed by atoms with Gasteiger partial charge in [0, 0.05) is 0 Å². The minimum atomic E-state index is 0.670. The molecule has 0 nitrogen and oxygen atoms in total. The summed E-state index contributed by atoms with van der Waals surface area (Å²) in [4.78, 5) is 0. The summed E-state index contributed by atoms with van der Waals surface area (Å²) in [5.41, 5.74) is 2.32. The Hall–Kier alpha value is -0.780. The smallest absolute Gasteiger partial charge is 0.0105 e. The number of hydrogen-bond acceptors (Lipinski definition) is 0. The van der Waals surface area contributed by atoms with Gasteiger partial charge in [-0.3, -0.25) is 0 Å². The molecule has 22 heavy (non-hydrogen) atoms. The van der Waals surface area contributed by atoms with E-state index in [1.807, 2.05) is 0 Å². The van der Waals surface area contributed by atoms with Crippen LogP contribution in [0.25, 0.3) is 0 Å². The van der Waals surface area contributed by atoms with Crippen LogP contribution >= 0.6 is 0 Å². The minimum Gasteiger partial charge on any atom is -0.0654 e. The number of unbranched alkanes of at least 4 members (excludes halogenated alkanes) is 2. The topological polar surface area (TPSA) is 0 Å². The first kappa shape index (κ1) is 14.8. The molecule has 4 aliphatic rings. The van der Waals surface area contributed by atoms with Gasteiger partial charge in [-0.15, -0.1) is 0 Å². The zero-order valence-corrected chi connectivity index (χ0v) is 14.3. The lowest BCUT2D eigenvalue weighted by molar-refractivity contribution is -0.0704. The molecule has 120 valence electrons. The van der Waals surface area contributed by atoms with Gasteiger partial charge < -0.3 is 0 Å². The van der Waals surface area contributed by atoms with Crippen molar-refractivity contribution in [2.45, 2.75) is 77.0 Å². The molecule has 0 heterocycles. The molecule has 1 atom stereocenters. The largest absolute Gasteiger partial charge is 0.0654 e. The van der Waals surface area contributed by atoms with Crippen LogP contribution in [0.15, 0.2) is 30.3 Å². The third-order valence-electron chi connectivity index (χ3n) is 7.12. The molecule has 0 aliphatic heterocycles. The summed E-state index contributed by atoms with van der Waals surface area (Å²) in [6.07, 6.45) is 15.0. The summed E-state index contributed by atoms with van der Waals surface area (Å²) in [5, 5.41) is 0. The zero-order valence-electron chi connectivity index (χ0n) is 14.3. The van der Waals surface area contributed by atoms with Gasteiger partial charge >= 0.3 is 0 Å². The van der Waals surface area contributed by atoms with Crippen LogP contribution in [0, 0.1) is 23.2 Å². The van der Waals surface area contributed by atoms with E-state index in [0.29, 0.717) is 5.41 Å². The molecule has 1 aromatic rings. The molecule has 1 unspecified atom stereocenters. The van der Waals surface area contributed by atoms with E-state index < -0.39 is 0 Å². The number of benzene rings is 1. The molecule has 4 aliphatic carbocycles. The van der Waals surface area contributed by atoms with E-state index >= 15 is 0 Å². The Morgan fingerprint density at radius 1 is 0.909 bits per heavy atom. The first-order valence-electron chi connectivity index (χ1n) is 9.84. The molecule has 4 saturated carbocycles. The molecular formula is C22H32. The van der Waals surface area contributed by atoms with Gasteiger partial charge in [-0.25, -0.2) is 0 Å². The van der Waals surface area contributed by atoms with E-state index in [1.54, 1.807) is 44.1 Å². The monoisotopic (exact) mass is 296 g/mol. The van der Waals surface area contributed by atoms with Crippen molar-refractivity contribution in [1.82, 2.24) is 0 Å². The fourth-order valence-electron chi connectivity index (χ4n) is 6.71. The van der Waals surface area contributed by atoms with Gasteiger partial charge in [-0.1, -0.05) is 56.5 Å². The van der Waals surface area contributed by atoms with Gasteiger partial charge in [0.05, 0.1) is 0 Å². The molecular weight excluding hydrogens is 264 g/mol. The molecule has 0 aromatic heterocycles. The lowest BCUT2D eigenvalue weighted by Gasteiger charge is -2.60. The lowest BCUT2D eigenvalue weighted by Crippen LogP contribution is -2.48. The predicted octanol–water partition coefficient (Wildman–Crippen LogP) is 6.57. The molecule has 4 fully saturated rings. The van der Waals surface area contributed by atoms with Gasteiger partial charge in [0.25, 0.3) is 0 Å². The van der Waals surface area contributed by atoms with E-state index in [4.69, 9.17) is 0 Å². The van der Waals surface area contributed by atoms with Crippen LogP contribution in [-0.4, -0.2) is 0 Å². The Labute approximate surface area is 136 Å². The third-order valence-corrected chi connectivity index (χ3v) is 7.12. The van der Waals surface area contributed by atoms with Crippen molar-refractivity contribution in [2.24, 2.45) is 23.2 Å². The van der Waals surface area contributed by atoms with Crippen molar-refractivity contribution in [1.29, 1.82) is 0 Å². The molecule has 0 heteroatoms. The van der Waals surface area contributed by atoms with Crippen molar-refractivity contribution in [3.63, 3.8) is 0 Å². The standard InChI is InChI=1S/C22H32/c1-2-3-5-10-21(20-8-6-4-7-9-20)22-14-17-11-18(15-22)13-19(12-17)16-22/h4,6-9,17-19,21H,2-3,5,10-16H2,1H3. The highest BCUT2D eigenvalue weighted by atomic mass is 14.6. The van der Waals surface area contributed by atoms with Gasteiger partial charge in [0.2, 0.25) is 0 Å². The number of rotatable bonds is 6. The molecule has 0 spiro atoms.